The zero-order valence-corrected chi connectivity index (χ0v) is 13.6. The molecule has 1 aromatic carbocycles. The Morgan fingerprint density at radius 1 is 1.00 bits per heavy atom. The summed E-state index contributed by atoms with van der Waals surface area (Å²) in [5.41, 5.74) is 3.56. The third kappa shape index (κ3) is 2.80. The molecule has 0 unspecified atom stereocenters. The molecule has 5 nitrogen and oxygen atoms in total. The van der Waals surface area contributed by atoms with Crippen molar-refractivity contribution in [1.82, 2.24) is 19.4 Å². The first-order chi connectivity index (χ1) is 11.3. The van der Waals surface area contributed by atoms with E-state index in [4.69, 9.17) is 0 Å². The Kier molecular flexibility index (Phi) is 3.51. The maximum absolute atomic E-state index is 4.59. The molecule has 6 heteroatoms. The molecule has 0 spiro atoms. The second-order valence-corrected chi connectivity index (χ2v) is 5.89. The minimum absolute atomic E-state index is 0.548. The Bertz CT molecular complexity index is 979. The van der Waals surface area contributed by atoms with E-state index in [0.717, 1.165) is 27.2 Å². The van der Waals surface area contributed by atoms with E-state index >= 15 is 0 Å². The third-order valence-electron chi connectivity index (χ3n) is 3.42. The van der Waals surface area contributed by atoms with Crippen molar-refractivity contribution in [3.63, 3.8) is 0 Å². The number of aromatic nitrogens is 4. The molecule has 4 aromatic rings. The maximum Gasteiger partial charge on any atom is 0.227 e. The first kappa shape index (κ1) is 13.9. The topological polar surface area (TPSA) is 55.1 Å². The average molecular weight is 366 g/mol. The monoisotopic (exact) mass is 365 g/mol. The number of halogens is 1. The number of hydrogen-bond acceptors (Lipinski definition) is 4. The summed E-state index contributed by atoms with van der Waals surface area (Å²) in [7, 11) is 0. The van der Waals surface area contributed by atoms with Gasteiger partial charge in [-0.2, -0.15) is 0 Å². The van der Waals surface area contributed by atoms with Crippen molar-refractivity contribution in [3.05, 3.63) is 71.6 Å². The molecule has 0 saturated heterocycles. The van der Waals surface area contributed by atoms with Gasteiger partial charge in [-0.25, -0.2) is 15.0 Å². The Balaban J connectivity index is 1.71. The maximum atomic E-state index is 4.59. The van der Waals surface area contributed by atoms with Gasteiger partial charge >= 0.3 is 0 Å². The van der Waals surface area contributed by atoms with Crippen LogP contribution in [0.1, 0.15) is 0 Å². The molecule has 4 rings (SSSR count). The SMILES string of the molecule is Brc1cccc(Nc2nccc(-c3cnc4ccccn34)n2)c1. The first-order valence-electron chi connectivity index (χ1n) is 7.08. The zero-order valence-electron chi connectivity index (χ0n) is 12.0. The zero-order chi connectivity index (χ0) is 15.6. The quantitative estimate of drug-likeness (QED) is 0.588. The molecule has 0 radical (unpaired) electrons. The Morgan fingerprint density at radius 2 is 1.96 bits per heavy atom. The van der Waals surface area contributed by atoms with Gasteiger partial charge in [0.2, 0.25) is 5.95 Å². The third-order valence-corrected chi connectivity index (χ3v) is 3.91. The van der Waals surface area contributed by atoms with Crippen molar-refractivity contribution < 1.29 is 0 Å². The standard InChI is InChI=1S/C17H12BrN5/c18-12-4-3-5-13(10-12)21-17-19-8-7-14(22-17)15-11-20-16-6-1-2-9-23(15)16/h1-11H,(H,19,21,22). The number of nitrogens with zero attached hydrogens (tertiary/aromatic N) is 4. The molecule has 112 valence electrons. The molecule has 23 heavy (non-hydrogen) atoms. The highest BCUT2D eigenvalue weighted by molar-refractivity contribution is 9.10. The Labute approximate surface area is 141 Å². The number of fused-ring (bicyclic) bond motifs is 1. The summed E-state index contributed by atoms with van der Waals surface area (Å²) in [6, 6.07) is 15.7. The lowest BCUT2D eigenvalue weighted by Crippen LogP contribution is -1.98. The van der Waals surface area contributed by atoms with Crippen molar-refractivity contribution in [3.8, 4) is 11.4 Å². The summed E-state index contributed by atoms with van der Waals surface area (Å²) in [5.74, 6) is 0.548. The highest BCUT2D eigenvalue weighted by Gasteiger charge is 2.08. The van der Waals surface area contributed by atoms with E-state index in [0.29, 0.717) is 5.95 Å². The number of pyridine rings is 1. The van der Waals surface area contributed by atoms with Gasteiger partial charge in [0, 0.05) is 22.6 Å². The van der Waals surface area contributed by atoms with Gasteiger partial charge in [0.1, 0.15) is 5.65 Å². The van der Waals surface area contributed by atoms with Crippen LogP contribution in [0.4, 0.5) is 11.6 Å². The van der Waals surface area contributed by atoms with E-state index < -0.39 is 0 Å². The van der Waals surface area contributed by atoms with Crippen molar-refractivity contribution >= 4 is 33.2 Å². The summed E-state index contributed by atoms with van der Waals surface area (Å²) < 4.78 is 3.01. The smallest absolute Gasteiger partial charge is 0.227 e. The summed E-state index contributed by atoms with van der Waals surface area (Å²) in [6.45, 7) is 0. The van der Waals surface area contributed by atoms with Gasteiger partial charge in [-0.3, -0.25) is 4.40 Å². The molecule has 3 heterocycles. The van der Waals surface area contributed by atoms with Crippen LogP contribution in [0.25, 0.3) is 17.0 Å². The second kappa shape index (κ2) is 5.81. The molecule has 1 N–H and O–H groups in total. The minimum Gasteiger partial charge on any atom is -0.324 e. The van der Waals surface area contributed by atoms with Gasteiger partial charge in [0.15, 0.2) is 0 Å². The van der Waals surface area contributed by atoms with E-state index in [9.17, 15) is 0 Å². The van der Waals surface area contributed by atoms with Crippen LogP contribution in [0.2, 0.25) is 0 Å². The lowest BCUT2D eigenvalue weighted by atomic mass is 10.3. The van der Waals surface area contributed by atoms with Crippen LogP contribution in [-0.2, 0) is 0 Å². The molecule has 0 aliphatic heterocycles. The van der Waals surface area contributed by atoms with E-state index in [1.54, 1.807) is 6.20 Å². The van der Waals surface area contributed by atoms with Gasteiger partial charge in [-0.1, -0.05) is 28.1 Å². The molecule has 0 saturated carbocycles. The molecular formula is C17H12BrN5. The van der Waals surface area contributed by atoms with Gasteiger partial charge in [-0.15, -0.1) is 0 Å². The van der Waals surface area contributed by atoms with Crippen molar-refractivity contribution in [1.29, 1.82) is 0 Å². The van der Waals surface area contributed by atoms with Gasteiger partial charge in [0.25, 0.3) is 0 Å². The van der Waals surface area contributed by atoms with Crippen LogP contribution in [0.5, 0.6) is 0 Å². The van der Waals surface area contributed by atoms with Crippen LogP contribution in [0, 0.1) is 0 Å². The fraction of sp³-hybridized carbons (Fsp3) is 0. The van der Waals surface area contributed by atoms with Crippen LogP contribution in [0.3, 0.4) is 0 Å². The predicted octanol–water partition coefficient (Wildman–Crippen LogP) is 4.30. The normalized spacial score (nSPS) is 10.8. The number of nitrogens with one attached hydrogen (secondary N) is 1. The van der Waals surface area contributed by atoms with Gasteiger partial charge in [0.05, 0.1) is 17.6 Å². The summed E-state index contributed by atoms with van der Waals surface area (Å²) in [6.07, 6.45) is 5.53. The van der Waals surface area contributed by atoms with E-state index in [1.165, 1.54) is 0 Å². The molecule has 0 aliphatic rings. The number of anilines is 2. The highest BCUT2D eigenvalue weighted by atomic mass is 79.9. The minimum atomic E-state index is 0.548. The summed E-state index contributed by atoms with van der Waals surface area (Å²) in [4.78, 5) is 13.3. The van der Waals surface area contributed by atoms with E-state index in [2.05, 4.69) is 36.2 Å². The number of benzene rings is 1. The Hall–Kier alpha value is -2.73. The molecule has 0 fully saturated rings. The number of imidazole rings is 1. The molecule has 0 bridgehead atoms. The largest absolute Gasteiger partial charge is 0.324 e. The summed E-state index contributed by atoms with van der Waals surface area (Å²) >= 11 is 3.46. The number of rotatable bonds is 3. The van der Waals surface area contributed by atoms with Crippen LogP contribution < -0.4 is 5.32 Å². The van der Waals surface area contributed by atoms with Gasteiger partial charge < -0.3 is 5.32 Å². The molecule has 0 amide bonds. The molecule has 0 atom stereocenters. The highest BCUT2D eigenvalue weighted by Crippen LogP contribution is 2.22. The van der Waals surface area contributed by atoms with Crippen LogP contribution >= 0.6 is 15.9 Å². The van der Waals surface area contributed by atoms with E-state index in [-0.39, 0.29) is 0 Å². The van der Waals surface area contributed by atoms with Crippen molar-refractivity contribution in [2.75, 3.05) is 5.32 Å². The number of hydrogen-bond donors (Lipinski definition) is 1. The fourth-order valence-corrected chi connectivity index (χ4v) is 2.78. The molecule has 3 aromatic heterocycles. The van der Waals surface area contributed by atoms with E-state index in [1.807, 2.05) is 65.3 Å². The van der Waals surface area contributed by atoms with Crippen molar-refractivity contribution in [2.24, 2.45) is 0 Å². The average Bonchev–Trinajstić information content (AvgIpc) is 2.99. The lowest BCUT2D eigenvalue weighted by molar-refractivity contribution is 1.13. The van der Waals surface area contributed by atoms with Crippen LogP contribution in [0.15, 0.2) is 71.6 Å². The predicted molar refractivity (Wildman–Crippen MR) is 93.6 cm³/mol. The van der Waals surface area contributed by atoms with Crippen molar-refractivity contribution in [2.45, 2.75) is 0 Å². The molecule has 0 aliphatic carbocycles. The van der Waals surface area contributed by atoms with Gasteiger partial charge in [-0.05, 0) is 36.4 Å². The second-order valence-electron chi connectivity index (χ2n) is 4.97. The lowest BCUT2D eigenvalue weighted by Gasteiger charge is -2.07. The fourth-order valence-electron chi connectivity index (χ4n) is 2.38. The first-order valence-corrected chi connectivity index (χ1v) is 7.87. The summed E-state index contributed by atoms with van der Waals surface area (Å²) in [5, 5.41) is 3.21. The molecular weight excluding hydrogens is 354 g/mol. The Morgan fingerprint density at radius 3 is 2.87 bits per heavy atom. The van der Waals surface area contributed by atoms with Crippen LogP contribution in [-0.4, -0.2) is 19.4 Å².